The molecule has 0 radical (unpaired) electrons. The van der Waals surface area contributed by atoms with Crippen molar-refractivity contribution in [3.05, 3.63) is 65.2 Å². The van der Waals surface area contributed by atoms with Gasteiger partial charge in [0.15, 0.2) is 6.61 Å². The zero-order chi connectivity index (χ0) is 18.0. The molecular formula is C19H17ClN2O3. The number of ether oxygens (including phenoxy) is 1. The monoisotopic (exact) mass is 356 g/mol. The van der Waals surface area contributed by atoms with E-state index in [0.717, 1.165) is 5.57 Å². The van der Waals surface area contributed by atoms with Crippen LogP contribution < -0.4 is 15.0 Å². The van der Waals surface area contributed by atoms with Gasteiger partial charge in [-0.2, -0.15) is 0 Å². The summed E-state index contributed by atoms with van der Waals surface area (Å²) in [5.41, 5.74) is 2.63. The maximum Gasteiger partial charge on any atom is 0.265 e. The van der Waals surface area contributed by atoms with E-state index >= 15 is 0 Å². The third-order valence-electron chi connectivity index (χ3n) is 3.70. The van der Waals surface area contributed by atoms with Gasteiger partial charge in [0.05, 0.1) is 5.69 Å². The molecule has 5 nitrogen and oxygen atoms in total. The van der Waals surface area contributed by atoms with Gasteiger partial charge >= 0.3 is 0 Å². The van der Waals surface area contributed by atoms with Crippen molar-refractivity contribution in [2.75, 3.05) is 23.4 Å². The summed E-state index contributed by atoms with van der Waals surface area (Å²) in [6, 6.07) is 11.8. The number of hydrogen-bond acceptors (Lipinski definition) is 3. The molecule has 6 heteroatoms. The predicted octanol–water partition coefficient (Wildman–Crippen LogP) is 3.89. The quantitative estimate of drug-likeness (QED) is 0.845. The van der Waals surface area contributed by atoms with E-state index in [0.29, 0.717) is 34.3 Å². The molecule has 0 aliphatic carbocycles. The first-order chi connectivity index (χ1) is 11.9. The van der Waals surface area contributed by atoms with E-state index in [-0.39, 0.29) is 18.4 Å². The lowest BCUT2D eigenvalue weighted by Crippen LogP contribution is -2.39. The smallest absolute Gasteiger partial charge is 0.265 e. The third kappa shape index (κ3) is 3.83. The fourth-order valence-corrected chi connectivity index (χ4v) is 2.66. The Hall–Kier alpha value is -2.79. The van der Waals surface area contributed by atoms with Crippen molar-refractivity contribution >= 4 is 34.8 Å². The average molecular weight is 357 g/mol. The number of nitrogens with one attached hydrogen (secondary N) is 1. The third-order valence-corrected chi connectivity index (χ3v) is 3.95. The topological polar surface area (TPSA) is 58.6 Å². The van der Waals surface area contributed by atoms with Crippen molar-refractivity contribution in [2.24, 2.45) is 0 Å². The molecule has 0 bridgehead atoms. The highest BCUT2D eigenvalue weighted by Crippen LogP contribution is 2.35. The van der Waals surface area contributed by atoms with E-state index in [4.69, 9.17) is 16.3 Å². The van der Waals surface area contributed by atoms with Gasteiger partial charge in [-0.3, -0.25) is 9.59 Å². The maximum absolute atomic E-state index is 12.3. The Labute approximate surface area is 150 Å². The molecule has 2 aromatic rings. The lowest BCUT2D eigenvalue weighted by molar-refractivity contribution is -0.121. The molecule has 0 aromatic heterocycles. The van der Waals surface area contributed by atoms with Crippen LogP contribution in [0.5, 0.6) is 5.75 Å². The van der Waals surface area contributed by atoms with Crippen LogP contribution in [0.15, 0.2) is 54.6 Å². The zero-order valence-electron chi connectivity index (χ0n) is 13.7. The Morgan fingerprint density at radius 1 is 1.28 bits per heavy atom. The number of carbonyl (C=O) groups excluding carboxylic acids is 2. The Morgan fingerprint density at radius 2 is 2.00 bits per heavy atom. The first-order valence-electron chi connectivity index (χ1n) is 7.72. The molecule has 0 saturated carbocycles. The predicted molar refractivity (Wildman–Crippen MR) is 98.5 cm³/mol. The summed E-state index contributed by atoms with van der Waals surface area (Å²) in [6.07, 6.45) is 0. The number of benzene rings is 2. The fourth-order valence-electron chi connectivity index (χ4n) is 2.53. The molecule has 128 valence electrons. The van der Waals surface area contributed by atoms with E-state index in [1.807, 2.05) is 6.92 Å². The summed E-state index contributed by atoms with van der Waals surface area (Å²) in [6.45, 7) is 6.12. The van der Waals surface area contributed by atoms with Crippen LogP contribution in [0.25, 0.3) is 0 Å². The molecule has 1 aliphatic heterocycles. The van der Waals surface area contributed by atoms with Gasteiger partial charge in [-0.25, -0.2) is 0 Å². The number of carbonyl (C=O) groups is 2. The Balaban J connectivity index is 1.81. The number of halogens is 1. The van der Waals surface area contributed by atoms with Gasteiger partial charge in [-0.1, -0.05) is 23.8 Å². The number of anilines is 2. The minimum atomic E-state index is -0.248. The number of amides is 2. The number of hydrogen-bond donors (Lipinski definition) is 1. The van der Waals surface area contributed by atoms with E-state index < -0.39 is 0 Å². The summed E-state index contributed by atoms with van der Waals surface area (Å²) < 4.78 is 5.50. The molecule has 1 aliphatic rings. The minimum Gasteiger partial charge on any atom is -0.481 e. The number of fused-ring (bicyclic) bond motifs is 1. The first kappa shape index (κ1) is 17.0. The van der Waals surface area contributed by atoms with Crippen molar-refractivity contribution in [1.82, 2.24) is 0 Å². The second-order valence-corrected chi connectivity index (χ2v) is 6.31. The lowest BCUT2D eigenvalue weighted by atomic mass is 10.1. The average Bonchev–Trinajstić information content (AvgIpc) is 2.57. The summed E-state index contributed by atoms with van der Waals surface area (Å²) >= 11 is 5.83. The summed E-state index contributed by atoms with van der Waals surface area (Å²) in [7, 11) is 0. The van der Waals surface area contributed by atoms with Crippen molar-refractivity contribution in [2.45, 2.75) is 6.92 Å². The highest BCUT2D eigenvalue weighted by molar-refractivity contribution is 6.30. The van der Waals surface area contributed by atoms with Crippen LogP contribution in [0.1, 0.15) is 17.3 Å². The summed E-state index contributed by atoms with van der Waals surface area (Å²) in [5.74, 6) is 0.186. The Kier molecular flexibility index (Phi) is 4.76. The van der Waals surface area contributed by atoms with Crippen LogP contribution in [0.3, 0.4) is 0 Å². The summed E-state index contributed by atoms with van der Waals surface area (Å²) in [5, 5.41) is 3.38. The first-order valence-corrected chi connectivity index (χ1v) is 8.10. The molecule has 0 unspecified atom stereocenters. The van der Waals surface area contributed by atoms with Crippen molar-refractivity contribution in [1.29, 1.82) is 0 Å². The van der Waals surface area contributed by atoms with E-state index in [1.165, 1.54) is 0 Å². The molecule has 1 N–H and O–H groups in total. The van der Waals surface area contributed by atoms with Crippen molar-refractivity contribution in [3.8, 4) is 5.75 Å². The molecule has 0 fully saturated rings. The molecular weight excluding hydrogens is 340 g/mol. The van der Waals surface area contributed by atoms with Gasteiger partial charge < -0.3 is 15.0 Å². The molecule has 1 heterocycles. The molecule has 0 saturated heterocycles. The summed E-state index contributed by atoms with van der Waals surface area (Å²) in [4.78, 5) is 26.0. The Morgan fingerprint density at radius 3 is 2.68 bits per heavy atom. The Bertz CT molecular complexity index is 846. The molecule has 25 heavy (non-hydrogen) atoms. The maximum atomic E-state index is 12.3. The van der Waals surface area contributed by atoms with Crippen LogP contribution in [0.2, 0.25) is 5.02 Å². The highest BCUT2D eigenvalue weighted by atomic mass is 35.5. The van der Waals surface area contributed by atoms with Gasteiger partial charge in [0.25, 0.3) is 11.8 Å². The van der Waals surface area contributed by atoms with Gasteiger partial charge in [0.2, 0.25) is 0 Å². The van der Waals surface area contributed by atoms with Crippen molar-refractivity contribution < 1.29 is 14.3 Å². The van der Waals surface area contributed by atoms with Gasteiger partial charge in [-0.15, -0.1) is 0 Å². The zero-order valence-corrected chi connectivity index (χ0v) is 14.5. The highest BCUT2D eigenvalue weighted by Gasteiger charge is 2.25. The normalized spacial score (nSPS) is 13.0. The molecule has 0 spiro atoms. The molecule has 3 rings (SSSR count). The fraction of sp³-hybridized carbons (Fsp3) is 0.158. The number of rotatable bonds is 4. The van der Waals surface area contributed by atoms with Crippen LogP contribution in [-0.2, 0) is 4.79 Å². The minimum absolute atomic E-state index is 0.0329. The molecule has 2 amide bonds. The molecule has 0 atom stereocenters. The van der Waals surface area contributed by atoms with Gasteiger partial charge in [0, 0.05) is 28.9 Å². The van der Waals surface area contributed by atoms with Crippen LogP contribution >= 0.6 is 11.6 Å². The van der Waals surface area contributed by atoms with E-state index in [9.17, 15) is 9.59 Å². The van der Waals surface area contributed by atoms with Crippen LogP contribution in [0, 0.1) is 0 Å². The number of nitrogens with zero attached hydrogens (tertiary/aromatic N) is 1. The van der Waals surface area contributed by atoms with Crippen LogP contribution in [-0.4, -0.2) is 25.0 Å². The standard InChI is InChI=1S/C19H17ClN2O3/c1-12(2)10-22-16-8-7-15(9-17(16)25-11-18(22)23)21-19(24)13-3-5-14(20)6-4-13/h3-9H,1,10-11H2,2H3,(H,21,24). The van der Waals surface area contributed by atoms with E-state index in [2.05, 4.69) is 11.9 Å². The van der Waals surface area contributed by atoms with Gasteiger partial charge in [0.1, 0.15) is 5.75 Å². The van der Waals surface area contributed by atoms with Gasteiger partial charge in [-0.05, 0) is 43.3 Å². The molecule has 2 aromatic carbocycles. The lowest BCUT2D eigenvalue weighted by Gasteiger charge is -2.29. The van der Waals surface area contributed by atoms with Crippen LogP contribution in [0.4, 0.5) is 11.4 Å². The SMILES string of the molecule is C=C(C)CN1C(=O)COc2cc(NC(=O)c3ccc(Cl)cc3)ccc21. The van der Waals surface area contributed by atoms with Crippen molar-refractivity contribution in [3.63, 3.8) is 0 Å². The second-order valence-electron chi connectivity index (χ2n) is 5.87. The second kappa shape index (κ2) is 6.99. The van der Waals surface area contributed by atoms with E-state index in [1.54, 1.807) is 47.4 Å². The largest absolute Gasteiger partial charge is 0.481 e.